The van der Waals surface area contributed by atoms with Crippen LogP contribution in [0.1, 0.15) is 30.9 Å². The summed E-state index contributed by atoms with van der Waals surface area (Å²) in [6.45, 7) is 4.11. The molecule has 0 unspecified atom stereocenters. The number of ether oxygens (including phenoxy) is 1. The Morgan fingerprint density at radius 1 is 1.37 bits per heavy atom. The molecule has 1 rings (SSSR count). The molecule has 0 heterocycles. The Hall–Kier alpha value is -0.780. The van der Waals surface area contributed by atoms with Crippen molar-refractivity contribution in [2.24, 2.45) is 0 Å². The van der Waals surface area contributed by atoms with Gasteiger partial charge >= 0.3 is 0 Å². The van der Waals surface area contributed by atoms with E-state index in [1.165, 1.54) is 0 Å². The van der Waals surface area contributed by atoms with Crippen molar-refractivity contribution < 1.29 is 13.2 Å². The Bertz CT molecular complexity index is 529. The Morgan fingerprint density at radius 3 is 2.63 bits per heavy atom. The lowest BCUT2D eigenvalue weighted by atomic mass is 10.1. The summed E-state index contributed by atoms with van der Waals surface area (Å²) < 4.78 is 31.1. The second kappa shape index (κ2) is 7.12. The van der Waals surface area contributed by atoms with Gasteiger partial charge in [0.1, 0.15) is 5.75 Å². The molecule has 0 saturated heterocycles. The Balaban J connectivity index is 2.76. The Morgan fingerprint density at radius 2 is 2.05 bits per heavy atom. The molecule has 19 heavy (non-hydrogen) atoms. The SMILES string of the molecule is CCCCS(=O)(=O)NCc1cc(Cl)c(OC)cc1C. The smallest absolute Gasteiger partial charge is 0.211 e. The van der Waals surface area contributed by atoms with Gasteiger partial charge < -0.3 is 4.74 Å². The molecule has 4 nitrogen and oxygen atoms in total. The van der Waals surface area contributed by atoms with Crippen molar-refractivity contribution >= 4 is 21.6 Å². The zero-order chi connectivity index (χ0) is 14.5. The van der Waals surface area contributed by atoms with Crippen LogP contribution in [0.25, 0.3) is 0 Å². The topological polar surface area (TPSA) is 55.4 Å². The number of hydrogen-bond donors (Lipinski definition) is 1. The fourth-order valence-electron chi connectivity index (χ4n) is 1.64. The van der Waals surface area contributed by atoms with Crippen LogP contribution in [-0.4, -0.2) is 21.3 Å². The maximum Gasteiger partial charge on any atom is 0.211 e. The fraction of sp³-hybridized carbons (Fsp3) is 0.538. The van der Waals surface area contributed by atoms with Gasteiger partial charge in [0, 0.05) is 6.54 Å². The summed E-state index contributed by atoms with van der Waals surface area (Å²) in [4.78, 5) is 0. The van der Waals surface area contributed by atoms with Crippen LogP contribution in [0.15, 0.2) is 12.1 Å². The van der Waals surface area contributed by atoms with Gasteiger partial charge in [-0.25, -0.2) is 13.1 Å². The molecule has 0 aromatic heterocycles. The minimum atomic E-state index is -3.21. The zero-order valence-electron chi connectivity index (χ0n) is 11.5. The summed E-state index contributed by atoms with van der Waals surface area (Å²) in [5.41, 5.74) is 1.80. The zero-order valence-corrected chi connectivity index (χ0v) is 13.1. The van der Waals surface area contributed by atoms with E-state index in [2.05, 4.69) is 4.72 Å². The second-order valence-electron chi connectivity index (χ2n) is 4.41. The predicted molar refractivity (Wildman–Crippen MR) is 78.3 cm³/mol. The molecule has 0 radical (unpaired) electrons. The van der Waals surface area contributed by atoms with Gasteiger partial charge in [0.05, 0.1) is 17.9 Å². The van der Waals surface area contributed by atoms with Crippen molar-refractivity contribution in [3.05, 3.63) is 28.3 Å². The average Bonchev–Trinajstić information content (AvgIpc) is 2.37. The van der Waals surface area contributed by atoms with Crippen LogP contribution >= 0.6 is 11.6 Å². The molecule has 1 aromatic rings. The van der Waals surface area contributed by atoms with Crippen LogP contribution in [0.5, 0.6) is 5.75 Å². The van der Waals surface area contributed by atoms with Gasteiger partial charge in [-0.15, -0.1) is 0 Å². The van der Waals surface area contributed by atoms with Crippen LogP contribution in [0, 0.1) is 6.92 Å². The van der Waals surface area contributed by atoms with Crippen LogP contribution in [-0.2, 0) is 16.6 Å². The summed E-state index contributed by atoms with van der Waals surface area (Å²) in [6, 6.07) is 3.54. The third-order valence-electron chi connectivity index (χ3n) is 2.86. The molecule has 0 fully saturated rings. The number of methoxy groups -OCH3 is 1. The van der Waals surface area contributed by atoms with E-state index in [1.807, 2.05) is 13.8 Å². The molecular weight excluding hydrogens is 286 g/mol. The number of benzene rings is 1. The highest BCUT2D eigenvalue weighted by Crippen LogP contribution is 2.27. The number of unbranched alkanes of at least 4 members (excludes halogenated alkanes) is 1. The molecule has 108 valence electrons. The van der Waals surface area contributed by atoms with Gasteiger partial charge in [-0.2, -0.15) is 0 Å². The highest BCUT2D eigenvalue weighted by Gasteiger charge is 2.11. The van der Waals surface area contributed by atoms with Gasteiger partial charge in [-0.3, -0.25) is 0 Å². The van der Waals surface area contributed by atoms with Crippen molar-refractivity contribution in [2.75, 3.05) is 12.9 Å². The Kier molecular flexibility index (Phi) is 6.10. The number of hydrogen-bond acceptors (Lipinski definition) is 3. The van der Waals surface area contributed by atoms with E-state index in [1.54, 1.807) is 19.2 Å². The minimum absolute atomic E-state index is 0.159. The molecule has 1 N–H and O–H groups in total. The molecule has 0 saturated carbocycles. The fourth-order valence-corrected chi connectivity index (χ4v) is 3.09. The molecule has 6 heteroatoms. The molecular formula is C13H20ClNO3S. The van der Waals surface area contributed by atoms with E-state index in [0.717, 1.165) is 17.5 Å². The van der Waals surface area contributed by atoms with Crippen molar-refractivity contribution in [1.29, 1.82) is 0 Å². The van der Waals surface area contributed by atoms with E-state index in [4.69, 9.17) is 16.3 Å². The summed E-state index contributed by atoms with van der Waals surface area (Å²) >= 11 is 6.03. The molecule has 0 bridgehead atoms. The lowest BCUT2D eigenvalue weighted by Gasteiger charge is -2.11. The molecule has 0 atom stereocenters. The minimum Gasteiger partial charge on any atom is -0.495 e. The van der Waals surface area contributed by atoms with E-state index in [0.29, 0.717) is 17.2 Å². The number of aryl methyl sites for hydroxylation is 1. The first-order chi connectivity index (χ1) is 8.89. The summed E-state index contributed by atoms with van der Waals surface area (Å²) in [5, 5.41) is 0.482. The Labute approximate surface area is 120 Å². The first-order valence-corrected chi connectivity index (χ1v) is 8.23. The highest BCUT2D eigenvalue weighted by atomic mass is 35.5. The molecule has 0 spiro atoms. The van der Waals surface area contributed by atoms with E-state index in [-0.39, 0.29) is 12.3 Å². The molecule has 0 aliphatic rings. The van der Waals surface area contributed by atoms with Crippen molar-refractivity contribution in [2.45, 2.75) is 33.2 Å². The van der Waals surface area contributed by atoms with Gasteiger partial charge in [-0.05, 0) is 36.6 Å². The van der Waals surface area contributed by atoms with E-state index < -0.39 is 10.0 Å². The lowest BCUT2D eigenvalue weighted by molar-refractivity contribution is 0.414. The van der Waals surface area contributed by atoms with E-state index >= 15 is 0 Å². The molecule has 1 aromatic carbocycles. The van der Waals surface area contributed by atoms with Gasteiger partial charge in [0.15, 0.2) is 0 Å². The normalized spacial score (nSPS) is 11.6. The van der Waals surface area contributed by atoms with Gasteiger partial charge in [-0.1, -0.05) is 24.9 Å². The predicted octanol–water partition coefficient (Wildman–Crippen LogP) is 2.88. The third-order valence-corrected chi connectivity index (χ3v) is 4.57. The van der Waals surface area contributed by atoms with Crippen LogP contribution in [0.4, 0.5) is 0 Å². The van der Waals surface area contributed by atoms with Crippen LogP contribution in [0.3, 0.4) is 0 Å². The average molecular weight is 306 g/mol. The van der Waals surface area contributed by atoms with E-state index in [9.17, 15) is 8.42 Å². The first-order valence-electron chi connectivity index (χ1n) is 6.20. The summed E-state index contributed by atoms with van der Waals surface area (Å²) in [7, 11) is -1.66. The van der Waals surface area contributed by atoms with Gasteiger partial charge in [0.2, 0.25) is 10.0 Å². The summed E-state index contributed by atoms with van der Waals surface area (Å²) in [5.74, 6) is 0.753. The second-order valence-corrected chi connectivity index (χ2v) is 6.74. The quantitative estimate of drug-likeness (QED) is 0.842. The third kappa shape index (κ3) is 5.01. The number of rotatable bonds is 7. The monoisotopic (exact) mass is 305 g/mol. The largest absolute Gasteiger partial charge is 0.495 e. The lowest BCUT2D eigenvalue weighted by Crippen LogP contribution is -2.26. The number of sulfonamides is 1. The number of halogens is 1. The van der Waals surface area contributed by atoms with Crippen LogP contribution in [0.2, 0.25) is 5.02 Å². The van der Waals surface area contributed by atoms with Crippen molar-refractivity contribution in [3.8, 4) is 5.75 Å². The van der Waals surface area contributed by atoms with Crippen molar-refractivity contribution in [3.63, 3.8) is 0 Å². The molecule has 0 aliphatic carbocycles. The summed E-state index contributed by atoms with van der Waals surface area (Å²) in [6.07, 6.45) is 1.52. The van der Waals surface area contributed by atoms with Crippen molar-refractivity contribution in [1.82, 2.24) is 4.72 Å². The molecule has 0 aliphatic heterocycles. The highest BCUT2D eigenvalue weighted by molar-refractivity contribution is 7.89. The standard InChI is InChI=1S/C13H20ClNO3S/c1-4-5-6-19(16,17)15-9-11-8-12(14)13(18-3)7-10(11)2/h7-8,15H,4-6,9H2,1-3H3. The van der Waals surface area contributed by atoms with Crippen LogP contribution < -0.4 is 9.46 Å². The maximum atomic E-state index is 11.7. The first kappa shape index (κ1) is 16.3. The molecule has 0 amide bonds. The van der Waals surface area contributed by atoms with Gasteiger partial charge in [0.25, 0.3) is 0 Å². The maximum absolute atomic E-state index is 11.7. The number of nitrogens with one attached hydrogen (secondary N) is 1.